The molecule has 0 saturated heterocycles. The van der Waals surface area contributed by atoms with Crippen molar-refractivity contribution in [3.8, 4) is 85.3 Å². The Hall–Kier alpha value is -11.7. The van der Waals surface area contributed by atoms with E-state index in [-0.39, 0.29) is 29.7 Å². The van der Waals surface area contributed by atoms with Crippen molar-refractivity contribution in [2.45, 2.75) is 78.6 Å². The van der Waals surface area contributed by atoms with Gasteiger partial charge in [0.05, 0.1) is 39.4 Å². The van der Waals surface area contributed by atoms with Crippen molar-refractivity contribution in [2.24, 2.45) is 0 Å². The van der Waals surface area contributed by atoms with Crippen molar-refractivity contribution >= 4 is 107 Å². The van der Waals surface area contributed by atoms with Crippen LogP contribution in [0, 0.1) is 11.3 Å². The number of anilines is 3. The number of nitrogens with zero attached hydrogens (tertiary/aromatic N) is 4. The molecule has 0 atom stereocenters. The highest BCUT2D eigenvalue weighted by Gasteiger charge is 2.45. The molecule has 0 fully saturated rings. The maximum atomic E-state index is 10.3. The van der Waals surface area contributed by atoms with Gasteiger partial charge in [-0.1, -0.05) is 202 Å². The number of nitriles is 1. The average molecular weight is 1290 g/mol. The van der Waals surface area contributed by atoms with Crippen molar-refractivity contribution in [2.75, 3.05) is 4.90 Å². The van der Waals surface area contributed by atoms with E-state index in [9.17, 15) is 5.26 Å². The number of fused-ring (bicyclic) bond motifs is 14. The summed E-state index contributed by atoms with van der Waals surface area (Å²) in [5.74, 6) is 4.69. The lowest BCUT2D eigenvalue weighted by atomic mass is 9.34. The molecule has 7 nitrogen and oxygen atoms in total. The third-order valence-corrected chi connectivity index (χ3v) is 21.6. The Morgan fingerprint density at radius 3 is 1.36 bits per heavy atom. The molecule has 0 bridgehead atoms. The summed E-state index contributed by atoms with van der Waals surface area (Å²) in [6.07, 6.45) is 0. The largest absolute Gasteiger partial charge is 0.458 e. The van der Waals surface area contributed by atoms with Gasteiger partial charge in [0, 0.05) is 61.4 Å². The molecule has 0 N–H and O–H groups in total. The Morgan fingerprint density at radius 1 is 0.310 bits per heavy atom. The fraction of sp³-hybridized carbons (Fsp3) is 0.132. The average Bonchev–Trinajstić information content (AvgIpc) is 0.749. The van der Waals surface area contributed by atoms with E-state index in [1.165, 1.54) is 27.5 Å². The van der Waals surface area contributed by atoms with E-state index in [0.29, 0.717) is 5.56 Å². The number of aromatic nitrogens is 2. The number of hydrogen-bond donors (Lipinski definition) is 0. The molecule has 4 aliphatic rings. The van der Waals surface area contributed by atoms with E-state index in [4.69, 9.17) is 14.2 Å². The van der Waals surface area contributed by atoms with Gasteiger partial charge in [-0.3, -0.25) is 0 Å². The number of rotatable bonds is 6. The Bertz CT molecular complexity index is 5980. The summed E-state index contributed by atoms with van der Waals surface area (Å²) in [4.78, 5) is 2.52. The van der Waals surface area contributed by atoms with E-state index in [0.717, 1.165) is 162 Å². The van der Waals surface area contributed by atoms with Gasteiger partial charge >= 0.3 is 0 Å². The minimum Gasteiger partial charge on any atom is -0.458 e. The Kier molecular flexibility index (Phi) is 12.9. The molecule has 9 heteroatoms. The van der Waals surface area contributed by atoms with Gasteiger partial charge in [-0.15, -0.1) is 0 Å². The lowest BCUT2D eigenvalue weighted by molar-refractivity contribution is 0.465. The van der Waals surface area contributed by atoms with Gasteiger partial charge in [0.15, 0.2) is 0 Å². The van der Waals surface area contributed by atoms with Crippen molar-refractivity contribution in [1.29, 1.82) is 5.26 Å². The lowest BCUT2D eigenvalue weighted by Gasteiger charge is -2.41. The molecule has 13 aromatic carbocycles. The van der Waals surface area contributed by atoms with Crippen LogP contribution in [0.1, 0.15) is 84.6 Å². The molecule has 6 heterocycles. The normalized spacial score (nSPS) is 13.4. The molecular formula is C91H70B2N4O3. The number of hydrogen-bond acceptors (Lipinski definition) is 5. The SMILES string of the molecule is CC(C)(C)c1ccc2c(c1)c1cc(C#N)ccc1n2-c1ccc2c(c1)Oc1cc(-c3cc4c5c(c3)Oc3cc(-c6ccccc6)ccc3B5c3ccccc3O4)cc3c1B2c1ccc(-n2c4ccc(C(C)(C)C)cc4c4cc(C(C)(C)C)ccc42)cc1N3c1ccccc1-c1ccccc1. The first-order valence-corrected chi connectivity index (χ1v) is 34.9. The van der Waals surface area contributed by atoms with E-state index >= 15 is 0 Å². The minimum atomic E-state index is -0.266. The van der Waals surface area contributed by atoms with Gasteiger partial charge in [-0.25, -0.2) is 0 Å². The third-order valence-electron chi connectivity index (χ3n) is 21.6. The summed E-state index contributed by atoms with van der Waals surface area (Å²) >= 11 is 0. The second-order valence-corrected chi connectivity index (χ2v) is 30.8. The summed E-state index contributed by atoms with van der Waals surface area (Å²) in [6, 6.07) is 97.9. The highest BCUT2D eigenvalue weighted by atomic mass is 16.5. The summed E-state index contributed by atoms with van der Waals surface area (Å²) < 4.78 is 26.9. The molecular weight excluding hydrogens is 1220 g/mol. The van der Waals surface area contributed by atoms with Crippen LogP contribution in [0.3, 0.4) is 0 Å². The standard InChI is InChI=1S/C91H70B2N4O3/c1-89(2,3)60-30-39-76-67(48-60)66-42-54(53-94)28-38-75(66)96(76)64-34-37-73-83(52-64)100-84-45-58(59-46-85-88-86(47-59)99-82-44-57(55-20-12-10-13-21-55)29-35-72(82)93(88)71-25-17-19-27-81(71)98-85)43-80-87(84)92(73)70-36-33-63(51-79(70)97(80)74-26-18-16-24-65(74)56-22-14-11-15-23-56)95-77-40-31-61(90(4,5)6)49-68(77)69-50-62(91(7,8)9)32-41-78(69)95/h10-52H,1-9H3. The number of benzene rings is 13. The first-order valence-electron chi connectivity index (χ1n) is 34.9. The van der Waals surface area contributed by atoms with Gasteiger partial charge in [0.2, 0.25) is 0 Å². The van der Waals surface area contributed by atoms with Crippen LogP contribution in [0.5, 0.6) is 34.5 Å². The van der Waals surface area contributed by atoms with E-state index < -0.39 is 0 Å². The quantitative estimate of drug-likeness (QED) is 0.155. The van der Waals surface area contributed by atoms with Crippen LogP contribution < -0.4 is 51.9 Å². The second kappa shape index (κ2) is 21.6. The molecule has 0 aliphatic carbocycles. The molecule has 0 radical (unpaired) electrons. The number of ether oxygens (including phenoxy) is 3. The predicted molar refractivity (Wildman–Crippen MR) is 416 cm³/mol. The number of para-hydroxylation sites is 2. The maximum Gasteiger partial charge on any atom is 0.260 e. The zero-order valence-electron chi connectivity index (χ0n) is 57.5. The molecule has 100 heavy (non-hydrogen) atoms. The van der Waals surface area contributed by atoms with E-state index in [2.05, 4.69) is 331 Å². The fourth-order valence-corrected chi connectivity index (χ4v) is 16.4. The Morgan fingerprint density at radius 2 is 0.760 bits per heavy atom. The monoisotopic (exact) mass is 1290 g/mol. The summed E-state index contributed by atoms with van der Waals surface area (Å²) in [6.45, 7) is 20.2. The van der Waals surface area contributed by atoms with Gasteiger partial charge in [-0.2, -0.15) is 5.26 Å². The molecule has 478 valence electrons. The minimum absolute atomic E-state index is 0.0572. The lowest BCUT2D eigenvalue weighted by Crippen LogP contribution is -2.59. The van der Waals surface area contributed by atoms with Crippen molar-refractivity contribution in [3.63, 3.8) is 0 Å². The topological polar surface area (TPSA) is 64.6 Å². The molecule has 0 spiro atoms. The maximum absolute atomic E-state index is 10.3. The first-order chi connectivity index (χ1) is 48.4. The van der Waals surface area contributed by atoms with Gasteiger partial charge in [0.25, 0.3) is 13.4 Å². The molecule has 2 aromatic heterocycles. The van der Waals surface area contributed by atoms with Crippen LogP contribution in [0.2, 0.25) is 0 Å². The van der Waals surface area contributed by atoms with Crippen LogP contribution in [0.15, 0.2) is 261 Å². The van der Waals surface area contributed by atoms with Gasteiger partial charge in [-0.05, 0) is 203 Å². The van der Waals surface area contributed by atoms with Gasteiger partial charge < -0.3 is 28.2 Å². The van der Waals surface area contributed by atoms with E-state index in [1.807, 2.05) is 12.1 Å². The van der Waals surface area contributed by atoms with E-state index in [1.54, 1.807) is 0 Å². The highest BCUT2D eigenvalue weighted by Crippen LogP contribution is 2.50. The van der Waals surface area contributed by atoms with Gasteiger partial charge in [0.1, 0.15) is 34.5 Å². The zero-order chi connectivity index (χ0) is 67.8. The summed E-state index contributed by atoms with van der Waals surface area (Å²) in [5.41, 5.74) is 26.6. The predicted octanol–water partition coefficient (Wildman–Crippen LogP) is 19.8. The second-order valence-electron chi connectivity index (χ2n) is 30.8. The Balaban J connectivity index is 0.874. The first kappa shape index (κ1) is 59.5. The van der Waals surface area contributed by atoms with Crippen LogP contribution >= 0.6 is 0 Å². The Labute approximate surface area is 583 Å². The molecule has 0 saturated carbocycles. The molecule has 19 rings (SSSR count). The van der Waals surface area contributed by atoms with Crippen LogP contribution in [0.4, 0.5) is 17.1 Å². The summed E-state index contributed by atoms with van der Waals surface area (Å²) in [7, 11) is 0. The van der Waals surface area contributed by atoms with Crippen LogP contribution in [-0.2, 0) is 16.2 Å². The smallest absolute Gasteiger partial charge is 0.260 e. The molecule has 0 unspecified atom stereocenters. The van der Waals surface area contributed by atoms with Crippen molar-refractivity contribution in [1.82, 2.24) is 9.13 Å². The summed E-state index contributed by atoms with van der Waals surface area (Å²) in [5, 5.41) is 14.9. The third kappa shape index (κ3) is 9.19. The molecule has 0 amide bonds. The van der Waals surface area contributed by atoms with Crippen LogP contribution in [-0.4, -0.2) is 22.6 Å². The molecule has 4 aliphatic heterocycles. The van der Waals surface area contributed by atoms with Crippen molar-refractivity contribution in [3.05, 3.63) is 283 Å². The van der Waals surface area contributed by atoms with Crippen molar-refractivity contribution < 1.29 is 14.2 Å². The molecule has 15 aromatic rings. The fourth-order valence-electron chi connectivity index (χ4n) is 16.4. The highest BCUT2D eigenvalue weighted by molar-refractivity contribution is 6.99. The van der Waals surface area contributed by atoms with Crippen LogP contribution in [0.25, 0.3) is 88.4 Å². The zero-order valence-corrected chi connectivity index (χ0v) is 57.5.